The average molecular weight is 320 g/mol. The summed E-state index contributed by atoms with van der Waals surface area (Å²) in [6.45, 7) is 8.47. The number of hydrogen-bond acceptors (Lipinski definition) is 3. The zero-order valence-electron chi connectivity index (χ0n) is 13.3. The van der Waals surface area contributed by atoms with E-state index in [-0.39, 0.29) is 24.0 Å². The molecule has 0 amide bonds. The number of ketones is 2. The minimum Gasteiger partial charge on any atom is -0.293 e. The van der Waals surface area contributed by atoms with Gasteiger partial charge in [0.25, 0.3) is 0 Å². The molecule has 0 unspecified atom stereocenters. The lowest BCUT2D eigenvalue weighted by Crippen LogP contribution is -2.29. The Balaban J connectivity index is 0.00000242. The quantitative estimate of drug-likeness (QED) is 0.631. The number of rotatable bonds is 4. The molecule has 4 heteroatoms. The highest BCUT2D eigenvalue weighted by Crippen LogP contribution is 2.38. The molecule has 1 aliphatic rings. The average Bonchev–Trinajstić information content (AvgIpc) is 2.70. The van der Waals surface area contributed by atoms with Crippen molar-refractivity contribution in [2.24, 2.45) is 5.41 Å². The van der Waals surface area contributed by atoms with Crippen LogP contribution in [-0.2, 0) is 0 Å². The predicted molar refractivity (Wildman–Crippen MR) is 90.6 cm³/mol. The second-order valence-corrected chi connectivity index (χ2v) is 5.53. The largest absolute Gasteiger partial charge is 0.293 e. The third kappa shape index (κ3) is 3.24. The molecule has 3 nitrogen and oxygen atoms in total. The summed E-state index contributed by atoms with van der Waals surface area (Å²) in [5, 5.41) is 0. The second-order valence-electron chi connectivity index (χ2n) is 5.53. The van der Waals surface area contributed by atoms with Crippen molar-refractivity contribution in [3.8, 4) is 11.8 Å². The lowest BCUT2D eigenvalue weighted by Gasteiger charge is -2.17. The molecule has 22 heavy (non-hydrogen) atoms. The van der Waals surface area contributed by atoms with Crippen LogP contribution in [0.15, 0.2) is 24.3 Å². The maximum absolute atomic E-state index is 12.5. The maximum Gasteiger partial charge on any atom is 0.178 e. The Hall–Kier alpha value is -1.63. The molecule has 0 saturated carbocycles. The molecule has 0 N–H and O–H groups in total. The van der Waals surface area contributed by atoms with E-state index in [0.29, 0.717) is 24.1 Å². The number of nitrogens with zero attached hydrogens (tertiary/aromatic N) is 1. The molecule has 0 radical (unpaired) electrons. The summed E-state index contributed by atoms with van der Waals surface area (Å²) < 4.78 is 0. The van der Waals surface area contributed by atoms with Crippen molar-refractivity contribution in [1.82, 2.24) is 4.90 Å². The van der Waals surface area contributed by atoms with E-state index in [0.717, 1.165) is 13.1 Å². The Morgan fingerprint density at radius 1 is 1.00 bits per heavy atom. The van der Waals surface area contributed by atoms with Gasteiger partial charge in [0.15, 0.2) is 11.6 Å². The molecule has 0 aliphatic heterocycles. The number of carbonyl (C=O) groups is 2. The third-order valence-electron chi connectivity index (χ3n) is 4.18. The van der Waals surface area contributed by atoms with Gasteiger partial charge in [0.1, 0.15) is 5.41 Å². The van der Waals surface area contributed by atoms with E-state index < -0.39 is 5.41 Å². The Kier molecular flexibility index (Phi) is 6.34. The minimum absolute atomic E-state index is 0. The van der Waals surface area contributed by atoms with Crippen molar-refractivity contribution < 1.29 is 9.59 Å². The standard InChI is InChI=1S/C18H21NO2.ClH/c1-4-19(5-2)13-9-8-12-18(3)16(20)14-10-6-7-11-15(14)17(18)21;/h6-7,10-11H,4-5,12-13H2,1-3H3;1H. The Bertz CT molecular complexity index is 588. The van der Waals surface area contributed by atoms with Crippen LogP contribution in [0.1, 0.15) is 47.9 Å². The van der Waals surface area contributed by atoms with Crippen molar-refractivity contribution in [1.29, 1.82) is 0 Å². The van der Waals surface area contributed by atoms with Crippen molar-refractivity contribution in [2.45, 2.75) is 27.2 Å². The third-order valence-corrected chi connectivity index (χ3v) is 4.18. The summed E-state index contributed by atoms with van der Waals surface area (Å²) in [6.07, 6.45) is 0.292. The van der Waals surface area contributed by atoms with Gasteiger partial charge in [-0.3, -0.25) is 14.5 Å². The topological polar surface area (TPSA) is 37.4 Å². The fourth-order valence-corrected chi connectivity index (χ4v) is 2.59. The van der Waals surface area contributed by atoms with Crippen LogP contribution in [-0.4, -0.2) is 36.1 Å². The smallest absolute Gasteiger partial charge is 0.178 e. The molecule has 1 aromatic carbocycles. The van der Waals surface area contributed by atoms with E-state index in [2.05, 4.69) is 30.6 Å². The molecule has 2 rings (SSSR count). The maximum atomic E-state index is 12.5. The fourth-order valence-electron chi connectivity index (χ4n) is 2.59. The first-order valence-corrected chi connectivity index (χ1v) is 7.41. The Labute approximate surface area is 138 Å². The van der Waals surface area contributed by atoms with E-state index in [1.807, 2.05) is 0 Å². The van der Waals surface area contributed by atoms with Crippen LogP contribution in [0.3, 0.4) is 0 Å². The highest BCUT2D eigenvalue weighted by molar-refractivity contribution is 6.29. The van der Waals surface area contributed by atoms with Gasteiger partial charge in [0, 0.05) is 17.5 Å². The van der Waals surface area contributed by atoms with Crippen molar-refractivity contribution in [3.05, 3.63) is 35.4 Å². The van der Waals surface area contributed by atoms with E-state index in [1.54, 1.807) is 31.2 Å². The van der Waals surface area contributed by atoms with E-state index in [4.69, 9.17) is 0 Å². The molecule has 1 aliphatic carbocycles. The molecule has 0 fully saturated rings. The van der Waals surface area contributed by atoms with Gasteiger partial charge in [0.05, 0.1) is 6.54 Å². The molecule has 0 aromatic heterocycles. The van der Waals surface area contributed by atoms with E-state index >= 15 is 0 Å². The molecular formula is C18H22ClNO2. The second kappa shape index (κ2) is 7.58. The lowest BCUT2D eigenvalue weighted by molar-refractivity contribution is 0.0728. The first-order valence-electron chi connectivity index (χ1n) is 7.41. The van der Waals surface area contributed by atoms with Crippen LogP contribution in [0.5, 0.6) is 0 Å². The monoisotopic (exact) mass is 319 g/mol. The summed E-state index contributed by atoms with van der Waals surface area (Å²) in [6, 6.07) is 7.04. The van der Waals surface area contributed by atoms with Gasteiger partial charge in [-0.25, -0.2) is 0 Å². The van der Waals surface area contributed by atoms with Gasteiger partial charge >= 0.3 is 0 Å². The van der Waals surface area contributed by atoms with Gasteiger partial charge < -0.3 is 0 Å². The molecule has 1 aromatic rings. The SMILES string of the molecule is CCN(CC)CC#CCC1(C)C(=O)c2ccccc2C1=O.Cl. The summed E-state index contributed by atoms with van der Waals surface area (Å²) in [5.74, 6) is 5.91. The number of fused-ring (bicyclic) bond motifs is 1. The molecule has 0 bridgehead atoms. The van der Waals surface area contributed by atoms with Crippen LogP contribution in [0.2, 0.25) is 0 Å². The van der Waals surface area contributed by atoms with Crippen LogP contribution < -0.4 is 0 Å². The molecule has 0 spiro atoms. The predicted octanol–water partition coefficient (Wildman–Crippen LogP) is 3.23. The van der Waals surface area contributed by atoms with Crippen LogP contribution in [0.4, 0.5) is 0 Å². The van der Waals surface area contributed by atoms with Gasteiger partial charge in [-0.2, -0.15) is 0 Å². The fraction of sp³-hybridized carbons (Fsp3) is 0.444. The Morgan fingerprint density at radius 3 is 1.95 bits per heavy atom. The van der Waals surface area contributed by atoms with Gasteiger partial charge in [-0.15, -0.1) is 18.3 Å². The first kappa shape index (κ1) is 18.4. The number of Topliss-reactive ketones (excluding diaryl/α,β-unsaturated/α-hetero) is 2. The Morgan fingerprint density at radius 2 is 1.50 bits per heavy atom. The molecule has 118 valence electrons. The molecule has 0 atom stereocenters. The summed E-state index contributed by atoms with van der Waals surface area (Å²) >= 11 is 0. The van der Waals surface area contributed by atoms with Crippen LogP contribution in [0, 0.1) is 17.3 Å². The highest BCUT2D eigenvalue weighted by Gasteiger charge is 2.48. The summed E-state index contributed by atoms with van der Waals surface area (Å²) in [5.41, 5.74) is 0.0611. The highest BCUT2D eigenvalue weighted by atomic mass is 35.5. The van der Waals surface area contributed by atoms with Crippen molar-refractivity contribution in [2.75, 3.05) is 19.6 Å². The first-order chi connectivity index (χ1) is 10.0. The molecule has 0 saturated heterocycles. The molecular weight excluding hydrogens is 298 g/mol. The van der Waals surface area contributed by atoms with Crippen molar-refractivity contribution >= 4 is 24.0 Å². The van der Waals surface area contributed by atoms with E-state index in [1.165, 1.54) is 0 Å². The lowest BCUT2D eigenvalue weighted by atomic mass is 9.82. The van der Waals surface area contributed by atoms with Crippen LogP contribution in [0.25, 0.3) is 0 Å². The van der Waals surface area contributed by atoms with Gasteiger partial charge in [-0.05, 0) is 20.0 Å². The van der Waals surface area contributed by atoms with Crippen LogP contribution >= 0.6 is 12.4 Å². The number of hydrogen-bond donors (Lipinski definition) is 0. The normalized spacial score (nSPS) is 15.1. The summed E-state index contributed by atoms with van der Waals surface area (Å²) in [4.78, 5) is 27.1. The number of benzene rings is 1. The number of halogens is 1. The number of carbonyl (C=O) groups excluding carboxylic acids is 2. The summed E-state index contributed by atoms with van der Waals surface area (Å²) in [7, 11) is 0. The van der Waals surface area contributed by atoms with Gasteiger partial charge in [-0.1, -0.05) is 44.0 Å². The molecule has 0 heterocycles. The zero-order valence-corrected chi connectivity index (χ0v) is 14.1. The zero-order chi connectivity index (χ0) is 15.5. The van der Waals surface area contributed by atoms with Crippen molar-refractivity contribution in [3.63, 3.8) is 0 Å². The van der Waals surface area contributed by atoms with E-state index in [9.17, 15) is 9.59 Å². The van der Waals surface area contributed by atoms with Gasteiger partial charge in [0.2, 0.25) is 0 Å². The minimum atomic E-state index is -1.01.